The summed E-state index contributed by atoms with van der Waals surface area (Å²) >= 11 is 0. The van der Waals surface area contributed by atoms with Crippen LogP contribution in [-0.4, -0.2) is 29.5 Å². The Balaban J connectivity index is 1.30. The molecule has 2 heterocycles. The van der Waals surface area contributed by atoms with Gasteiger partial charge in [-0.15, -0.1) is 0 Å². The topological polar surface area (TPSA) is 113 Å². The van der Waals surface area contributed by atoms with E-state index in [0.29, 0.717) is 11.4 Å². The van der Waals surface area contributed by atoms with Crippen LogP contribution in [-0.2, 0) is 0 Å². The van der Waals surface area contributed by atoms with Crippen molar-refractivity contribution in [2.75, 3.05) is 10.2 Å². The standard InChI is InChI=1S/C29H17N3O5/c33-25(30-18-11-13-20-22(15-18)27(35)31-26(20)34)17-10-12-21-23(14-17)29(37)32(28(21)36)24-9-5-4-8-19(24)16-6-2-1-3-7-16/h1-15H,(H,30,33)(H,31,34,35). The van der Waals surface area contributed by atoms with E-state index in [4.69, 9.17) is 0 Å². The third-order valence-corrected chi connectivity index (χ3v) is 6.37. The molecule has 0 aliphatic carbocycles. The van der Waals surface area contributed by atoms with Crippen molar-refractivity contribution in [2.45, 2.75) is 0 Å². The molecule has 4 aromatic carbocycles. The Hall–Kier alpha value is -5.37. The van der Waals surface area contributed by atoms with Gasteiger partial charge >= 0.3 is 0 Å². The number of hydrogen-bond donors (Lipinski definition) is 2. The molecule has 0 unspecified atom stereocenters. The van der Waals surface area contributed by atoms with Gasteiger partial charge < -0.3 is 5.32 Å². The Labute approximate surface area is 210 Å². The zero-order chi connectivity index (χ0) is 25.7. The summed E-state index contributed by atoms with van der Waals surface area (Å²) in [5.74, 6) is -2.54. The van der Waals surface area contributed by atoms with Crippen LogP contribution in [0.4, 0.5) is 11.4 Å². The molecule has 0 aromatic heterocycles. The Morgan fingerprint density at radius 1 is 0.622 bits per heavy atom. The van der Waals surface area contributed by atoms with Crippen LogP contribution >= 0.6 is 0 Å². The van der Waals surface area contributed by atoms with Crippen molar-refractivity contribution in [2.24, 2.45) is 0 Å². The summed E-state index contributed by atoms with van der Waals surface area (Å²) in [6, 6.07) is 25.3. The van der Waals surface area contributed by atoms with Gasteiger partial charge in [0.1, 0.15) is 0 Å². The number of hydrogen-bond acceptors (Lipinski definition) is 5. The summed E-state index contributed by atoms with van der Waals surface area (Å²) in [5.41, 5.74) is 3.27. The SMILES string of the molecule is O=C(Nc1ccc2c(c1)C(=O)NC2=O)c1ccc2c(c1)C(=O)N(c1ccccc1-c1ccccc1)C2=O. The number of amides is 5. The number of anilines is 2. The molecule has 0 spiro atoms. The lowest BCUT2D eigenvalue weighted by Crippen LogP contribution is -2.29. The Bertz CT molecular complexity index is 1680. The summed E-state index contributed by atoms with van der Waals surface area (Å²) in [7, 11) is 0. The largest absolute Gasteiger partial charge is 0.322 e. The average molecular weight is 487 g/mol. The van der Waals surface area contributed by atoms with E-state index in [1.165, 1.54) is 36.4 Å². The molecule has 2 aliphatic rings. The number of benzene rings is 4. The van der Waals surface area contributed by atoms with E-state index < -0.39 is 29.5 Å². The number of carbonyl (C=O) groups excluding carboxylic acids is 5. The van der Waals surface area contributed by atoms with Gasteiger partial charge in [0.15, 0.2) is 0 Å². The molecule has 0 saturated heterocycles. The minimum atomic E-state index is -0.534. The zero-order valence-corrected chi connectivity index (χ0v) is 19.1. The summed E-state index contributed by atoms with van der Waals surface area (Å²) in [6.07, 6.45) is 0. The fourth-order valence-electron chi connectivity index (χ4n) is 4.58. The van der Waals surface area contributed by atoms with E-state index in [0.717, 1.165) is 16.0 Å². The predicted molar refractivity (Wildman–Crippen MR) is 136 cm³/mol. The highest BCUT2D eigenvalue weighted by Gasteiger charge is 2.38. The van der Waals surface area contributed by atoms with Gasteiger partial charge in [0.25, 0.3) is 29.5 Å². The van der Waals surface area contributed by atoms with Crippen molar-refractivity contribution in [3.8, 4) is 11.1 Å². The van der Waals surface area contributed by atoms with Crippen molar-refractivity contribution in [3.05, 3.63) is 119 Å². The molecule has 0 atom stereocenters. The third kappa shape index (κ3) is 3.59. The number of nitrogens with zero attached hydrogens (tertiary/aromatic N) is 1. The summed E-state index contributed by atoms with van der Waals surface area (Å²) in [4.78, 5) is 64.4. The molecule has 6 rings (SSSR count). The van der Waals surface area contributed by atoms with Crippen LogP contribution < -0.4 is 15.5 Å². The Morgan fingerprint density at radius 2 is 1.30 bits per heavy atom. The number of carbonyl (C=O) groups is 5. The summed E-state index contributed by atoms with van der Waals surface area (Å²) in [6.45, 7) is 0. The van der Waals surface area contributed by atoms with E-state index in [-0.39, 0.29) is 27.8 Å². The maximum Gasteiger partial charge on any atom is 0.266 e. The zero-order valence-electron chi connectivity index (χ0n) is 19.1. The summed E-state index contributed by atoms with van der Waals surface area (Å²) < 4.78 is 0. The molecule has 0 bridgehead atoms. The van der Waals surface area contributed by atoms with Crippen molar-refractivity contribution in [1.29, 1.82) is 0 Å². The molecular formula is C29H17N3O5. The molecule has 37 heavy (non-hydrogen) atoms. The van der Waals surface area contributed by atoms with Gasteiger partial charge in [0.2, 0.25) is 0 Å². The monoisotopic (exact) mass is 487 g/mol. The first kappa shape index (κ1) is 22.1. The highest BCUT2D eigenvalue weighted by molar-refractivity contribution is 6.35. The van der Waals surface area contributed by atoms with Gasteiger partial charge in [0, 0.05) is 16.8 Å². The van der Waals surface area contributed by atoms with Crippen molar-refractivity contribution in [1.82, 2.24) is 5.32 Å². The Kier molecular flexibility index (Phi) is 5.01. The van der Waals surface area contributed by atoms with E-state index in [1.54, 1.807) is 12.1 Å². The minimum absolute atomic E-state index is 0.124. The number of nitrogens with one attached hydrogen (secondary N) is 2. The first-order valence-corrected chi connectivity index (χ1v) is 11.4. The third-order valence-electron chi connectivity index (χ3n) is 6.37. The van der Waals surface area contributed by atoms with Crippen LogP contribution in [0.1, 0.15) is 51.8 Å². The Morgan fingerprint density at radius 3 is 2.11 bits per heavy atom. The molecule has 4 aromatic rings. The molecule has 0 fully saturated rings. The van der Waals surface area contributed by atoms with Gasteiger partial charge in [-0.05, 0) is 48.0 Å². The van der Waals surface area contributed by atoms with Crippen molar-refractivity contribution >= 4 is 40.9 Å². The van der Waals surface area contributed by atoms with Gasteiger partial charge in [-0.3, -0.25) is 29.3 Å². The van der Waals surface area contributed by atoms with Crippen LogP contribution in [0, 0.1) is 0 Å². The van der Waals surface area contributed by atoms with E-state index in [9.17, 15) is 24.0 Å². The van der Waals surface area contributed by atoms with Crippen molar-refractivity contribution in [3.63, 3.8) is 0 Å². The van der Waals surface area contributed by atoms with Gasteiger partial charge in [-0.2, -0.15) is 0 Å². The van der Waals surface area contributed by atoms with Crippen LogP contribution in [0.25, 0.3) is 11.1 Å². The van der Waals surface area contributed by atoms with Crippen molar-refractivity contribution < 1.29 is 24.0 Å². The number of para-hydroxylation sites is 1. The quantitative estimate of drug-likeness (QED) is 0.417. The molecule has 8 heteroatoms. The average Bonchev–Trinajstić information content (AvgIpc) is 3.35. The maximum absolute atomic E-state index is 13.4. The second kappa shape index (κ2) is 8.39. The van der Waals surface area contributed by atoms with E-state index in [2.05, 4.69) is 10.6 Å². The van der Waals surface area contributed by atoms with Gasteiger partial charge in [-0.25, -0.2) is 4.90 Å². The minimum Gasteiger partial charge on any atom is -0.322 e. The van der Waals surface area contributed by atoms with Gasteiger partial charge in [-0.1, -0.05) is 48.5 Å². The second-order valence-electron chi connectivity index (χ2n) is 8.59. The number of fused-ring (bicyclic) bond motifs is 2. The molecule has 0 radical (unpaired) electrons. The van der Waals surface area contributed by atoms with Gasteiger partial charge in [0.05, 0.1) is 27.9 Å². The molecule has 8 nitrogen and oxygen atoms in total. The first-order chi connectivity index (χ1) is 17.9. The lowest BCUT2D eigenvalue weighted by Gasteiger charge is -2.18. The lowest BCUT2D eigenvalue weighted by molar-refractivity contribution is 0.0874. The maximum atomic E-state index is 13.4. The number of imide groups is 2. The van der Waals surface area contributed by atoms with E-state index >= 15 is 0 Å². The highest BCUT2D eigenvalue weighted by atomic mass is 16.2. The first-order valence-electron chi connectivity index (χ1n) is 11.4. The molecular weight excluding hydrogens is 470 g/mol. The summed E-state index contributed by atoms with van der Waals surface area (Å²) in [5, 5.41) is 4.87. The van der Waals surface area contributed by atoms with Crippen LogP contribution in [0.15, 0.2) is 91.0 Å². The lowest BCUT2D eigenvalue weighted by atomic mass is 10.0. The molecule has 178 valence electrons. The van der Waals surface area contributed by atoms with Crippen LogP contribution in [0.3, 0.4) is 0 Å². The van der Waals surface area contributed by atoms with E-state index in [1.807, 2.05) is 42.5 Å². The van der Waals surface area contributed by atoms with Crippen LogP contribution in [0.5, 0.6) is 0 Å². The molecule has 2 aliphatic heterocycles. The smallest absolute Gasteiger partial charge is 0.266 e. The predicted octanol–water partition coefficient (Wildman–Crippen LogP) is 4.29. The second-order valence-corrected chi connectivity index (χ2v) is 8.59. The van der Waals surface area contributed by atoms with Crippen LogP contribution in [0.2, 0.25) is 0 Å². The fourth-order valence-corrected chi connectivity index (χ4v) is 4.58. The fraction of sp³-hybridized carbons (Fsp3) is 0. The highest BCUT2D eigenvalue weighted by Crippen LogP contribution is 2.36. The number of rotatable bonds is 4. The molecule has 5 amide bonds. The molecule has 2 N–H and O–H groups in total. The molecule has 0 saturated carbocycles. The normalized spacial score (nSPS) is 13.9.